The first-order valence-electron chi connectivity index (χ1n) is 8.72. The molecule has 1 aliphatic carbocycles. The SMILES string of the molecule is C=C(Nc1nc(CNc2cccc(O)c2)cc(=O)n1C)C1=CCC=C(F)C=C1. The van der Waals surface area contributed by atoms with Gasteiger partial charge in [-0.15, -0.1) is 0 Å². The minimum absolute atomic E-state index is 0.149. The molecule has 144 valence electrons. The number of hydrogen-bond donors (Lipinski definition) is 3. The quantitative estimate of drug-likeness (QED) is 0.711. The second kappa shape index (κ2) is 8.39. The molecular formula is C21H21FN4O2. The first-order chi connectivity index (χ1) is 13.4. The fourth-order valence-electron chi connectivity index (χ4n) is 2.63. The maximum Gasteiger partial charge on any atom is 0.254 e. The first kappa shape index (κ1) is 19.2. The summed E-state index contributed by atoms with van der Waals surface area (Å²) in [5, 5.41) is 15.7. The van der Waals surface area contributed by atoms with Crippen molar-refractivity contribution in [2.75, 3.05) is 10.6 Å². The van der Waals surface area contributed by atoms with Crippen LogP contribution in [0.25, 0.3) is 0 Å². The summed E-state index contributed by atoms with van der Waals surface area (Å²) in [4.78, 5) is 16.8. The lowest BCUT2D eigenvalue weighted by Crippen LogP contribution is -2.23. The number of nitrogens with one attached hydrogen (secondary N) is 2. The fourth-order valence-corrected chi connectivity index (χ4v) is 2.63. The summed E-state index contributed by atoms with van der Waals surface area (Å²) in [5.41, 5.74) is 2.25. The average Bonchev–Trinajstić information content (AvgIpc) is 2.88. The van der Waals surface area contributed by atoms with Crippen LogP contribution in [0.1, 0.15) is 12.1 Å². The van der Waals surface area contributed by atoms with Gasteiger partial charge >= 0.3 is 0 Å². The van der Waals surface area contributed by atoms with E-state index in [1.807, 2.05) is 6.08 Å². The van der Waals surface area contributed by atoms with Crippen LogP contribution in [0, 0.1) is 0 Å². The Morgan fingerprint density at radius 1 is 1.32 bits per heavy atom. The number of halogens is 1. The summed E-state index contributed by atoms with van der Waals surface area (Å²) in [7, 11) is 1.61. The van der Waals surface area contributed by atoms with Gasteiger partial charge in [0.15, 0.2) is 0 Å². The molecule has 0 amide bonds. The summed E-state index contributed by atoms with van der Waals surface area (Å²) in [6, 6.07) is 8.12. The normalized spacial score (nSPS) is 13.4. The second-order valence-corrected chi connectivity index (χ2v) is 6.29. The Balaban J connectivity index is 1.76. The minimum atomic E-state index is -0.301. The third kappa shape index (κ3) is 4.76. The van der Waals surface area contributed by atoms with Gasteiger partial charge in [0.1, 0.15) is 11.6 Å². The maximum atomic E-state index is 13.3. The predicted molar refractivity (Wildman–Crippen MR) is 109 cm³/mol. The highest BCUT2D eigenvalue weighted by atomic mass is 19.1. The van der Waals surface area contributed by atoms with E-state index >= 15 is 0 Å². The van der Waals surface area contributed by atoms with Crippen molar-refractivity contribution in [3.8, 4) is 5.75 Å². The van der Waals surface area contributed by atoms with Crippen molar-refractivity contribution in [2.45, 2.75) is 13.0 Å². The third-order valence-electron chi connectivity index (χ3n) is 4.19. The number of benzene rings is 1. The molecule has 0 unspecified atom stereocenters. The van der Waals surface area contributed by atoms with Gasteiger partial charge in [-0.3, -0.25) is 9.36 Å². The number of hydrogen-bond acceptors (Lipinski definition) is 5. The topological polar surface area (TPSA) is 79.2 Å². The molecule has 0 saturated carbocycles. The standard InChI is InChI=1S/C21H21FN4O2/c1-14(15-5-3-6-16(22)10-9-15)24-21-25-18(12-20(28)26(21)2)13-23-17-7-4-8-19(27)11-17/h4-12,23,27H,1,3,13H2,2H3,(H,24,25). The van der Waals surface area contributed by atoms with Crippen LogP contribution in [-0.2, 0) is 13.6 Å². The van der Waals surface area contributed by atoms with Gasteiger partial charge < -0.3 is 15.7 Å². The molecule has 0 aliphatic heterocycles. The van der Waals surface area contributed by atoms with Crippen LogP contribution in [0.2, 0.25) is 0 Å². The molecular weight excluding hydrogens is 359 g/mol. The number of phenolic OH excluding ortho intramolecular Hbond substituents is 1. The van der Waals surface area contributed by atoms with Gasteiger partial charge in [-0.05, 0) is 36.3 Å². The molecule has 0 atom stereocenters. The zero-order valence-electron chi connectivity index (χ0n) is 15.4. The highest BCUT2D eigenvalue weighted by Crippen LogP contribution is 2.19. The molecule has 28 heavy (non-hydrogen) atoms. The Labute approximate surface area is 162 Å². The van der Waals surface area contributed by atoms with Gasteiger partial charge in [-0.25, -0.2) is 9.37 Å². The van der Waals surface area contributed by atoms with E-state index in [0.29, 0.717) is 36.0 Å². The van der Waals surface area contributed by atoms with Gasteiger partial charge in [0.05, 0.1) is 12.2 Å². The van der Waals surface area contributed by atoms with Gasteiger partial charge in [0, 0.05) is 30.6 Å². The summed E-state index contributed by atoms with van der Waals surface area (Å²) in [6.07, 6.45) is 6.75. The molecule has 0 radical (unpaired) electrons. The molecule has 1 aliphatic rings. The maximum absolute atomic E-state index is 13.3. The summed E-state index contributed by atoms with van der Waals surface area (Å²) in [6.45, 7) is 4.27. The average molecular weight is 380 g/mol. The van der Waals surface area contributed by atoms with Crippen LogP contribution in [0.15, 0.2) is 83.1 Å². The molecule has 1 aromatic carbocycles. The highest BCUT2D eigenvalue weighted by Gasteiger charge is 2.09. The van der Waals surface area contributed by atoms with E-state index in [-0.39, 0.29) is 17.1 Å². The van der Waals surface area contributed by atoms with Crippen LogP contribution >= 0.6 is 0 Å². The van der Waals surface area contributed by atoms with E-state index in [9.17, 15) is 14.3 Å². The molecule has 7 heteroatoms. The number of rotatable bonds is 6. The molecule has 0 fully saturated rings. The van der Waals surface area contributed by atoms with E-state index in [1.165, 1.54) is 22.8 Å². The monoisotopic (exact) mass is 380 g/mol. The molecule has 1 aromatic heterocycles. The molecule has 1 heterocycles. The van der Waals surface area contributed by atoms with Crippen LogP contribution < -0.4 is 16.2 Å². The Hall–Kier alpha value is -3.61. The number of nitrogens with zero attached hydrogens (tertiary/aromatic N) is 2. The minimum Gasteiger partial charge on any atom is -0.508 e. The van der Waals surface area contributed by atoms with Gasteiger partial charge in [-0.1, -0.05) is 24.8 Å². The molecule has 3 N–H and O–H groups in total. The molecule has 0 saturated heterocycles. The van der Waals surface area contributed by atoms with Crippen molar-refractivity contribution in [3.63, 3.8) is 0 Å². The van der Waals surface area contributed by atoms with Crippen LogP contribution in [0.4, 0.5) is 16.0 Å². The Bertz CT molecular complexity index is 1050. The van der Waals surface area contributed by atoms with E-state index in [1.54, 1.807) is 37.4 Å². The summed E-state index contributed by atoms with van der Waals surface area (Å²) < 4.78 is 14.7. The molecule has 3 rings (SSSR count). The fraction of sp³-hybridized carbons (Fsp3) is 0.143. The number of anilines is 2. The smallest absolute Gasteiger partial charge is 0.254 e. The lowest BCUT2D eigenvalue weighted by Gasteiger charge is -2.14. The lowest BCUT2D eigenvalue weighted by atomic mass is 10.1. The number of phenols is 1. The van der Waals surface area contributed by atoms with E-state index in [0.717, 1.165) is 5.57 Å². The van der Waals surface area contributed by atoms with E-state index < -0.39 is 0 Å². The van der Waals surface area contributed by atoms with Crippen molar-refractivity contribution < 1.29 is 9.50 Å². The first-order valence-corrected chi connectivity index (χ1v) is 8.72. The third-order valence-corrected chi connectivity index (χ3v) is 4.19. The van der Waals surface area contributed by atoms with E-state index in [2.05, 4.69) is 22.2 Å². The summed E-state index contributed by atoms with van der Waals surface area (Å²) in [5.74, 6) is 0.179. The van der Waals surface area contributed by atoms with Crippen molar-refractivity contribution in [1.82, 2.24) is 9.55 Å². The van der Waals surface area contributed by atoms with Gasteiger partial charge in [0.2, 0.25) is 5.95 Å². The van der Waals surface area contributed by atoms with Crippen LogP contribution in [0.3, 0.4) is 0 Å². The Morgan fingerprint density at radius 2 is 2.14 bits per heavy atom. The Kier molecular flexibility index (Phi) is 5.74. The van der Waals surface area contributed by atoms with Crippen molar-refractivity contribution in [3.05, 3.63) is 94.4 Å². The second-order valence-electron chi connectivity index (χ2n) is 6.29. The summed E-state index contributed by atoms with van der Waals surface area (Å²) >= 11 is 0. The van der Waals surface area contributed by atoms with Gasteiger partial charge in [-0.2, -0.15) is 0 Å². The van der Waals surface area contributed by atoms with E-state index in [4.69, 9.17) is 0 Å². The molecule has 2 aromatic rings. The largest absolute Gasteiger partial charge is 0.508 e. The molecule has 0 spiro atoms. The Morgan fingerprint density at radius 3 is 2.93 bits per heavy atom. The van der Waals surface area contributed by atoms with Crippen LogP contribution in [-0.4, -0.2) is 14.7 Å². The highest BCUT2D eigenvalue weighted by molar-refractivity contribution is 5.51. The van der Waals surface area contributed by atoms with Crippen molar-refractivity contribution >= 4 is 11.6 Å². The zero-order valence-corrected chi connectivity index (χ0v) is 15.4. The number of allylic oxidation sites excluding steroid dienone is 5. The predicted octanol–water partition coefficient (Wildman–Crippen LogP) is 3.76. The lowest BCUT2D eigenvalue weighted by molar-refractivity contribution is 0.475. The van der Waals surface area contributed by atoms with Crippen molar-refractivity contribution in [2.24, 2.45) is 7.05 Å². The van der Waals surface area contributed by atoms with Crippen molar-refractivity contribution in [1.29, 1.82) is 0 Å². The molecule has 0 bridgehead atoms. The van der Waals surface area contributed by atoms with Gasteiger partial charge in [0.25, 0.3) is 5.56 Å². The van der Waals surface area contributed by atoms with Crippen LogP contribution in [0.5, 0.6) is 5.75 Å². The number of aromatic hydroxyl groups is 1. The molecule has 6 nitrogen and oxygen atoms in total. The number of aromatic nitrogens is 2. The zero-order chi connectivity index (χ0) is 20.1.